The maximum Gasteiger partial charge on any atom is 0.408 e. The number of hydrogen-bond donors (Lipinski definition) is 3. The van der Waals surface area contributed by atoms with Crippen molar-refractivity contribution in [1.82, 2.24) is 15.5 Å². The lowest BCUT2D eigenvalue weighted by Crippen LogP contribution is -2.40. The molecule has 7 nitrogen and oxygen atoms in total. The number of nitrogens with zero attached hydrogens (tertiary/aromatic N) is 1. The topological polar surface area (TPSA) is 96.1 Å². The number of H-pyrrole nitrogens is 1. The van der Waals surface area contributed by atoms with Crippen LogP contribution >= 0.6 is 0 Å². The van der Waals surface area contributed by atoms with E-state index in [0.717, 1.165) is 10.9 Å². The van der Waals surface area contributed by atoms with Crippen LogP contribution in [0.1, 0.15) is 32.4 Å². The maximum absolute atomic E-state index is 12.9. The molecule has 3 aromatic rings. The molecule has 7 heteroatoms. The van der Waals surface area contributed by atoms with Gasteiger partial charge in [0.25, 0.3) is 5.91 Å². The normalized spacial score (nSPS) is 12.4. The van der Waals surface area contributed by atoms with Crippen LogP contribution in [-0.4, -0.2) is 27.8 Å². The van der Waals surface area contributed by atoms with Crippen molar-refractivity contribution >= 4 is 28.6 Å². The summed E-state index contributed by atoms with van der Waals surface area (Å²) < 4.78 is 5.29. The number of carbonyl (C=O) groups is 2. The van der Waals surface area contributed by atoms with E-state index >= 15 is 0 Å². The van der Waals surface area contributed by atoms with Gasteiger partial charge in [0.1, 0.15) is 11.6 Å². The van der Waals surface area contributed by atoms with E-state index in [9.17, 15) is 9.59 Å². The minimum atomic E-state index is -0.888. The van der Waals surface area contributed by atoms with E-state index in [1.165, 1.54) is 0 Å². The molecule has 0 unspecified atom stereocenters. The zero-order valence-corrected chi connectivity index (χ0v) is 15.4. The first-order chi connectivity index (χ1) is 12.8. The average Bonchev–Trinajstić information content (AvgIpc) is 3.06. The Bertz CT molecular complexity index is 945. The summed E-state index contributed by atoms with van der Waals surface area (Å²) in [5.41, 5.74) is 1.49. The van der Waals surface area contributed by atoms with Gasteiger partial charge in [0.15, 0.2) is 0 Å². The third-order valence-electron chi connectivity index (χ3n) is 3.76. The summed E-state index contributed by atoms with van der Waals surface area (Å²) in [5.74, 6) is -0.366. The lowest BCUT2D eigenvalue weighted by molar-refractivity contribution is -0.118. The Labute approximate surface area is 157 Å². The first-order valence-corrected chi connectivity index (χ1v) is 8.60. The summed E-state index contributed by atoms with van der Waals surface area (Å²) in [5, 5.41) is 13.2. The summed E-state index contributed by atoms with van der Waals surface area (Å²) in [4.78, 5) is 25.1. The molecular formula is C20H22N4O3. The average molecular weight is 366 g/mol. The van der Waals surface area contributed by atoms with Crippen molar-refractivity contribution in [3.05, 3.63) is 60.3 Å². The highest BCUT2D eigenvalue weighted by Crippen LogP contribution is 2.20. The summed E-state index contributed by atoms with van der Waals surface area (Å²) >= 11 is 0. The van der Waals surface area contributed by atoms with E-state index in [2.05, 4.69) is 20.8 Å². The van der Waals surface area contributed by atoms with Crippen LogP contribution in [-0.2, 0) is 9.53 Å². The van der Waals surface area contributed by atoms with E-state index < -0.39 is 17.7 Å². The Morgan fingerprint density at radius 1 is 1.11 bits per heavy atom. The number of alkyl carbamates (subject to hydrolysis) is 1. The Morgan fingerprint density at radius 3 is 2.56 bits per heavy atom. The van der Waals surface area contributed by atoms with E-state index in [0.29, 0.717) is 11.3 Å². The van der Waals surface area contributed by atoms with Crippen LogP contribution in [0.25, 0.3) is 10.9 Å². The summed E-state index contributed by atoms with van der Waals surface area (Å²) in [6.07, 6.45) is 1.02. The molecule has 1 atom stereocenters. The van der Waals surface area contributed by atoms with Crippen LogP contribution < -0.4 is 10.6 Å². The van der Waals surface area contributed by atoms with Gasteiger partial charge in [0.05, 0.1) is 11.7 Å². The molecule has 27 heavy (non-hydrogen) atoms. The van der Waals surface area contributed by atoms with Gasteiger partial charge in [-0.15, -0.1) is 0 Å². The van der Waals surface area contributed by atoms with Crippen LogP contribution in [0, 0.1) is 0 Å². The number of nitrogens with one attached hydrogen (secondary N) is 3. The van der Waals surface area contributed by atoms with E-state index in [1.807, 2.05) is 30.3 Å². The molecule has 3 rings (SSSR count). The van der Waals surface area contributed by atoms with E-state index in [-0.39, 0.29) is 5.91 Å². The first kappa shape index (κ1) is 18.4. The van der Waals surface area contributed by atoms with Gasteiger partial charge in [-0.3, -0.25) is 9.89 Å². The predicted molar refractivity (Wildman–Crippen MR) is 103 cm³/mol. The first-order valence-electron chi connectivity index (χ1n) is 8.60. The number of benzene rings is 2. The minimum Gasteiger partial charge on any atom is -0.444 e. The number of rotatable bonds is 4. The highest BCUT2D eigenvalue weighted by molar-refractivity contribution is 5.98. The van der Waals surface area contributed by atoms with Gasteiger partial charge in [-0.1, -0.05) is 30.3 Å². The zero-order valence-electron chi connectivity index (χ0n) is 15.4. The Morgan fingerprint density at radius 2 is 1.85 bits per heavy atom. The molecule has 0 saturated carbocycles. The standard InChI is InChI=1S/C20H22N4O3/c1-20(2,3)27-19(26)23-17(13-7-5-4-6-8-13)18(25)22-15-9-10-16-14(11-15)12-21-24-16/h4-12,17H,1-3H3,(H,21,24)(H,22,25)(H,23,26)/t17-/m1/s1. The summed E-state index contributed by atoms with van der Waals surface area (Å²) in [6.45, 7) is 5.30. The van der Waals surface area contributed by atoms with Gasteiger partial charge in [-0.2, -0.15) is 5.10 Å². The number of aromatic amines is 1. The van der Waals surface area contributed by atoms with Gasteiger partial charge in [-0.25, -0.2) is 4.79 Å². The lowest BCUT2D eigenvalue weighted by Gasteiger charge is -2.23. The van der Waals surface area contributed by atoms with Gasteiger partial charge >= 0.3 is 6.09 Å². The molecule has 0 aliphatic rings. The van der Waals surface area contributed by atoms with E-state index in [4.69, 9.17) is 4.74 Å². The third kappa shape index (κ3) is 4.84. The van der Waals surface area contributed by atoms with Crippen molar-refractivity contribution < 1.29 is 14.3 Å². The third-order valence-corrected chi connectivity index (χ3v) is 3.76. The highest BCUT2D eigenvalue weighted by Gasteiger charge is 2.26. The van der Waals surface area contributed by atoms with Crippen LogP contribution in [0.15, 0.2) is 54.7 Å². The van der Waals surface area contributed by atoms with Crippen molar-refractivity contribution in [3.63, 3.8) is 0 Å². The Kier molecular flexibility index (Phi) is 5.12. The molecule has 0 saturated heterocycles. The molecule has 1 heterocycles. The molecule has 0 spiro atoms. The highest BCUT2D eigenvalue weighted by atomic mass is 16.6. The molecule has 0 fully saturated rings. The molecule has 0 aliphatic heterocycles. The summed E-state index contributed by atoms with van der Waals surface area (Å²) in [6, 6.07) is 13.5. The Hall–Kier alpha value is -3.35. The van der Waals surface area contributed by atoms with Crippen molar-refractivity contribution in [3.8, 4) is 0 Å². The molecular weight excluding hydrogens is 344 g/mol. The lowest BCUT2D eigenvalue weighted by atomic mass is 10.1. The fourth-order valence-corrected chi connectivity index (χ4v) is 2.61. The smallest absolute Gasteiger partial charge is 0.408 e. The molecule has 0 radical (unpaired) electrons. The van der Waals surface area contributed by atoms with Crippen LogP contribution in [0.5, 0.6) is 0 Å². The predicted octanol–water partition coefficient (Wildman–Crippen LogP) is 3.77. The number of carbonyl (C=O) groups excluding carboxylic acids is 2. The van der Waals surface area contributed by atoms with Gasteiger partial charge in [0.2, 0.25) is 0 Å². The molecule has 2 amide bonds. The van der Waals surface area contributed by atoms with Crippen molar-refractivity contribution in [2.45, 2.75) is 32.4 Å². The number of anilines is 1. The largest absolute Gasteiger partial charge is 0.444 e. The molecule has 0 aliphatic carbocycles. The van der Waals surface area contributed by atoms with Gasteiger partial charge in [0, 0.05) is 11.1 Å². The van der Waals surface area contributed by atoms with Crippen LogP contribution in [0.4, 0.5) is 10.5 Å². The number of hydrogen-bond acceptors (Lipinski definition) is 4. The van der Waals surface area contributed by atoms with Crippen molar-refractivity contribution in [2.75, 3.05) is 5.32 Å². The number of amides is 2. The van der Waals surface area contributed by atoms with Crippen LogP contribution in [0.2, 0.25) is 0 Å². The maximum atomic E-state index is 12.9. The van der Waals surface area contributed by atoms with Gasteiger partial charge in [-0.05, 0) is 44.5 Å². The molecule has 3 N–H and O–H groups in total. The molecule has 0 bridgehead atoms. The molecule has 1 aromatic heterocycles. The van der Waals surface area contributed by atoms with Crippen molar-refractivity contribution in [2.24, 2.45) is 0 Å². The van der Waals surface area contributed by atoms with Crippen molar-refractivity contribution in [1.29, 1.82) is 0 Å². The molecule has 2 aromatic carbocycles. The van der Waals surface area contributed by atoms with E-state index in [1.54, 1.807) is 45.2 Å². The second-order valence-electron chi connectivity index (χ2n) is 7.15. The summed E-state index contributed by atoms with van der Waals surface area (Å²) in [7, 11) is 0. The second-order valence-corrected chi connectivity index (χ2v) is 7.15. The Balaban J connectivity index is 1.80. The quantitative estimate of drug-likeness (QED) is 0.655. The van der Waals surface area contributed by atoms with Gasteiger partial charge < -0.3 is 15.4 Å². The zero-order chi connectivity index (χ0) is 19.4. The molecule has 140 valence electrons. The number of ether oxygens (including phenoxy) is 1. The minimum absolute atomic E-state index is 0.366. The fourth-order valence-electron chi connectivity index (χ4n) is 2.61. The number of aromatic nitrogens is 2. The number of fused-ring (bicyclic) bond motifs is 1. The monoisotopic (exact) mass is 366 g/mol. The van der Waals surface area contributed by atoms with Crippen LogP contribution in [0.3, 0.4) is 0 Å². The SMILES string of the molecule is CC(C)(C)OC(=O)N[C@@H](C(=O)Nc1ccc2[nH]ncc2c1)c1ccccc1. The fraction of sp³-hybridized carbons (Fsp3) is 0.250. The second kappa shape index (κ2) is 7.49.